The lowest BCUT2D eigenvalue weighted by atomic mass is 9.65. The van der Waals surface area contributed by atoms with Gasteiger partial charge in [-0.25, -0.2) is 0 Å². The molecule has 34 heavy (non-hydrogen) atoms. The first-order chi connectivity index (χ1) is 16.4. The Bertz CT molecular complexity index is 1150. The smallest absolute Gasteiger partial charge is 0.253 e. The van der Waals surface area contributed by atoms with E-state index in [0.29, 0.717) is 30.6 Å². The van der Waals surface area contributed by atoms with Crippen LogP contribution in [0, 0.1) is 11.3 Å². The van der Waals surface area contributed by atoms with E-state index >= 15 is 0 Å². The molecule has 1 unspecified atom stereocenters. The third kappa shape index (κ3) is 3.96. The van der Waals surface area contributed by atoms with Gasteiger partial charge in [0.05, 0.1) is 17.7 Å². The Kier molecular flexibility index (Phi) is 5.84. The Labute approximate surface area is 199 Å². The van der Waals surface area contributed by atoms with Gasteiger partial charge < -0.3 is 19.9 Å². The van der Waals surface area contributed by atoms with Gasteiger partial charge in [0.15, 0.2) is 0 Å². The van der Waals surface area contributed by atoms with Crippen molar-refractivity contribution in [2.75, 3.05) is 20.1 Å². The van der Waals surface area contributed by atoms with Crippen LogP contribution in [0.5, 0.6) is 0 Å². The lowest BCUT2D eigenvalue weighted by Crippen LogP contribution is -2.62. The fourth-order valence-corrected chi connectivity index (χ4v) is 6.03. The summed E-state index contributed by atoms with van der Waals surface area (Å²) in [6.07, 6.45) is 7.68. The molecule has 1 atom stereocenters. The highest BCUT2D eigenvalue weighted by molar-refractivity contribution is 6.00. The van der Waals surface area contributed by atoms with Crippen LogP contribution in [0.25, 0.3) is 11.1 Å². The minimum absolute atomic E-state index is 0.121. The summed E-state index contributed by atoms with van der Waals surface area (Å²) in [6, 6.07) is 10.9. The number of hydrogen-bond donors (Lipinski definition) is 2. The fourth-order valence-electron chi connectivity index (χ4n) is 6.03. The van der Waals surface area contributed by atoms with Crippen LogP contribution < -0.4 is 10.9 Å². The van der Waals surface area contributed by atoms with Gasteiger partial charge in [-0.3, -0.25) is 14.4 Å². The number of aliphatic hydroxyl groups is 1. The highest BCUT2D eigenvalue weighted by atomic mass is 16.3. The number of aromatic nitrogens is 1. The van der Waals surface area contributed by atoms with E-state index < -0.39 is 11.0 Å². The molecular formula is C27H33N3O4. The normalized spacial score (nSPS) is 23.8. The predicted octanol–water partition coefficient (Wildman–Crippen LogP) is 2.81. The zero-order chi connectivity index (χ0) is 23.9. The number of pyridine rings is 1. The average Bonchev–Trinajstić information content (AvgIpc) is 3.60. The van der Waals surface area contributed by atoms with Gasteiger partial charge in [0.1, 0.15) is 0 Å². The summed E-state index contributed by atoms with van der Waals surface area (Å²) >= 11 is 0. The standard InChI is InChI=1S/C27H33N3O4/c1-28-24(32)22-16-30(23(31)15-21(22)19-7-3-2-4-8-19)18-27(34)13-14-29(25(33)20-9-10-20)17-26(27)11-5-6-12-26/h2-4,7-8,15-16,20,34H,5-6,9-14,17-18H2,1H3,(H,28,32). The summed E-state index contributed by atoms with van der Waals surface area (Å²) in [5, 5.41) is 14.7. The zero-order valence-electron chi connectivity index (χ0n) is 19.8. The molecule has 1 saturated heterocycles. The van der Waals surface area contributed by atoms with Crippen molar-refractivity contribution in [2.45, 2.75) is 57.1 Å². The maximum Gasteiger partial charge on any atom is 0.253 e. The molecule has 2 N–H and O–H groups in total. The molecule has 2 aromatic rings. The Hall–Kier alpha value is -2.93. The molecule has 5 rings (SSSR count). The molecule has 2 heterocycles. The molecule has 2 saturated carbocycles. The van der Waals surface area contributed by atoms with E-state index in [-0.39, 0.29) is 29.8 Å². The number of carbonyl (C=O) groups excluding carboxylic acids is 2. The van der Waals surface area contributed by atoms with Crippen LogP contribution in [-0.2, 0) is 11.3 Å². The van der Waals surface area contributed by atoms with E-state index in [0.717, 1.165) is 44.1 Å². The van der Waals surface area contributed by atoms with Crippen LogP contribution in [0.4, 0.5) is 0 Å². The van der Waals surface area contributed by atoms with Crippen LogP contribution in [-0.4, -0.2) is 52.1 Å². The molecule has 2 aliphatic carbocycles. The van der Waals surface area contributed by atoms with Gasteiger partial charge in [-0.1, -0.05) is 43.2 Å². The molecular weight excluding hydrogens is 430 g/mol. The van der Waals surface area contributed by atoms with Gasteiger partial charge in [-0.2, -0.15) is 0 Å². The first-order valence-corrected chi connectivity index (χ1v) is 12.4. The first-order valence-electron chi connectivity index (χ1n) is 12.4. The number of piperidine rings is 1. The molecule has 0 radical (unpaired) electrons. The van der Waals surface area contributed by atoms with Crippen molar-refractivity contribution >= 4 is 11.8 Å². The molecule has 3 aliphatic rings. The van der Waals surface area contributed by atoms with Crippen LogP contribution >= 0.6 is 0 Å². The van der Waals surface area contributed by atoms with Gasteiger partial charge in [0.25, 0.3) is 11.5 Å². The summed E-state index contributed by atoms with van der Waals surface area (Å²) < 4.78 is 1.50. The molecule has 180 valence electrons. The lowest BCUT2D eigenvalue weighted by Gasteiger charge is -2.52. The Morgan fingerprint density at radius 2 is 1.82 bits per heavy atom. The van der Waals surface area contributed by atoms with Gasteiger partial charge in [-0.15, -0.1) is 0 Å². The number of nitrogens with zero attached hydrogens (tertiary/aromatic N) is 2. The maximum absolute atomic E-state index is 13.2. The lowest BCUT2D eigenvalue weighted by molar-refractivity contribution is -0.161. The van der Waals surface area contributed by atoms with Gasteiger partial charge in [-0.05, 0) is 37.7 Å². The van der Waals surface area contributed by atoms with Crippen LogP contribution in [0.1, 0.15) is 55.3 Å². The fraction of sp³-hybridized carbons (Fsp3) is 0.519. The van der Waals surface area contributed by atoms with E-state index in [1.54, 1.807) is 13.2 Å². The topological polar surface area (TPSA) is 91.6 Å². The molecule has 3 fully saturated rings. The van der Waals surface area contributed by atoms with Crippen molar-refractivity contribution in [3.05, 3.63) is 58.5 Å². The molecule has 2 amide bonds. The highest BCUT2D eigenvalue weighted by Crippen LogP contribution is 2.52. The van der Waals surface area contributed by atoms with Gasteiger partial charge >= 0.3 is 0 Å². The zero-order valence-corrected chi connectivity index (χ0v) is 19.8. The van der Waals surface area contributed by atoms with Crippen molar-refractivity contribution < 1.29 is 14.7 Å². The number of hydrogen-bond acceptors (Lipinski definition) is 4. The second-order valence-corrected chi connectivity index (χ2v) is 10.3. The number of amides is 2. The maximum atomic E-state index is 13.2. The van der Waals surface area contributed by atoms with Crippen LogP contribution in [0.15, 0.2) is 47.4 Å². The number of rotatable bonds is 5. The monoisotopic (exact) mass is 463 g/mol. The molecule has 1 aromatic carbocycles. The quantitative estimate of drug-likeness (QED) is 0.713. The van der Waals surface area contributed by atoms with Gasteiger partial charge in [0, 0.05) is 49.3 Å². The summed E-state index contributed by atoms with van der Waals surface area (Å²) in [7, 11) is 1.57. The predicted molar refractivity (Wildman–Crippen MR) is 129 cm³/mol. The highest BCUT2D eigenvalue weighted by Gasteiger charge is 2.56. The minimum Gasteiger partial charge on any atom is -0.387 e. The van der Waals surface area contributed by atoms with E-state index in [2.05, 4.69) is 5.32 Å². The van der Waals surface area contributed by atoms with Crippen molar-refractivity contribution in [3.8, 4) is 11.1 Å². The van der Waals surface area contributed by atoms with Crippen molar-refractivity contribution in [1.82, 2.24) is 14.8 Å². The minimum atomic E-state index is -1.11. The third-order valence-corrected chi connectivity index (χ3v) is 8.19. The Balaban J connectivity index is 1.49. The summed E-state index contributed by atoms with van der Waals surface area (Å²) in [5.74, 6) is 0.104. The van der Waals surface area contributed by atoms with E-state index in [9.17, 15) is 19.5 Å². The molecule has 7 nitrogen and oxygen atoms in total. The average molecular weight is 464 g/mol. The first kappa shape index (κ1) is 22.8. The Morgan fingerprint density at radius 3 is 2.47 bits per heavy atom. The van der Waals surface area contributed by atoms with Gasteiger partial charge in [0.2, 0.25) is 5.91 Å². The van der Waals surface area contributed by atoms with E-state index in [4.69, 9.17) is 0 Å². The summed E-state index contributed by atoms with van der Waals surface area (Å²) in [4.78, 5) is 40.7. The molecule has 0 bridgehead atoms. The molecule has 1 aromatic heterocycles. The number of benzene rings is 1. The van der Waals surface area contributed by atoms with Crippen molar-refractivity contribution in [3.63, 3.8) is 0 Å². The van der Waals surface area contributed by atoms with Crippen LogP contribution in [0.3, 0.4) is 0 Å². The SMILES string of the molecule is CNC(=O)c1cn(CC2(O)CCN(C(=O)C3CC3)CC23CCCC3)c(=O)cc1-c1ccccc1. The Morgan fingerprint density at radius 1 is 1.12 bits per heavy atom. The number of carbonyl (C=O) groups is 2. The van der Waals surface area contributed by atoms with Crippen molar-refractivity contribution in [2.24, 2.45) is 11.3 Å². The molecule has 7 heteroatoms. The van der Waals surface area contributed by atoms with E-state index in [1.165, 1.54) is 10.6 Å². The number of likely N-dealkylation sites (tertiary alicyclic amines) is 1. The second-order valence-electron chi connectivity index (χ2n) is 10.3. The summed E-state index contributed by atoms with van der Waals surface area (Å²) in [5.41, 5.74) is 0.00250. The molecule has 1 aliphatic heterocycles. The summed E-state index contributed by atoms with van der Waals surface area (Å²) in [6.45, 7) is 1.18. The van der Waals surface area contributed by atoms with E-state index in [1.807, 2.05) is 35.2 Å². The van der Waals surface area contributed by atoms with Crippen molar-refractivity contribution in [1.29, 1.82) is 0 Å². The largest absolute Gasteiger partial charge is 0.387 e. The van der Waals surface area contributed by atoms with Crippen LogP contribution in [0.2, 0.25) is 0 Å². The second kappa shape index (κ2) is 8.69. The molecule has 1 spiro atoms. The third-order valence-electron chi connectivity index (χ3n) is 8.19. The number of nitrogens with one attached hydrogen (secondary N) is 1.